The molecule has 10 rings (SSSR count). The quantitative estimate of drug-likeness (QED) is 0.140. The summed E-state index contributed by atoms with van der Waals surface area (Å²) in [5, 5.41) is 0. The van der Waals surface area contributed by atoms with Crippen molar-refractivity contribution in [2.24, 2.45) is 21.8 Å². The molecular formula is C71H94CoN4O2. The molecule has 2 aromatic carbocycles. The number of hydrogen-bond acceptors (Lipinski definition) is 4. The van der Waals surface area contributed by atoms with Crippen LogP contribution in [-0.2, 0) is 43.6 Å². The normalized spacial score (nSPS) is 20.6. The molecule has 6 aliphatic rings. The molecule has 4 saturated carbocycles. The van der Waals surface area contributed by atoms with Gasteiger partial charge >= 0.3 is 22.7 Å². The minimum atomic E-state index is -0.239. The zero-order chi connectivity index (χ0) is 54.6. The van der Waals surface area contributed by atoms with Crippen LogP contribution in [0.25, 0.3) is 11.1 Å². The maximum Gasteiger partial charge on any atom is 2.00 e. The van der Waals surface area contributed by atoms with E-state index in [1.807, 2.05) is 6.92 Å². The van der Waals surface area contributed by atoms with Crippen LogP contribution in [0.3, 0.4) is 0 Å². The number of carbonyl (C=O) groups excluding carboxylic acids is 1. The first-order valence-electron chi connectivity index (χ1n) is 30.7. The Bertz CT molecular complexity index is 2930. The number of rotatable bonds is 11. The minimum Gasteiger partial charge on any atom is -0.660 e. The van der Waals surface area contributed by atoms with Gasteiger partial charge < -0.3 is 14.7 Å². The third-order valence-electron chi connectivity index (χ3n) is 18.4. The number of aromatic nitrogens is 2. The van der Waals surface area contributed by atoms with E-state index in [2.05, 4.69) is 137 Å². The molecule has 2 aromatic heterocycles. The van der Waals surface area contributed by atoms with Crippen LogP contribution in [0.5, 0.6) is 0 Å². The summed E-state index contributed by atoms with van der Waals surface area (Å²) >= 11 is 0. The summed E-state index contributed by atoms with van der Waals surface area (Å²) in [5.41, 5.74) is 23.6. The third-order valence-corrected chi connectivity index (χ3v) is 18.4. The third kappa shape index (κ3) is 13.0. The molecule has 4 aliphatic carbocycles. The largest absolute Gasteiger partial charge is 2.00 e. The van der Waals surface area contributed by atoms with Gasteiger partial charge in [0.25, 0.3) is 0 Å². The van der Waals surface area contributed by atoms with Gasteiger partial charge in [-0.3, -0.25) is 9.98 Å². The van der Waals surface area contributed by atoms with Gasteiger partial charge in [0, 0.05) is 17.5 Å². The van der Waals surface area contributed by atoms with Gasteiger partial charge in [0.15, 0.2) is 0 Å². The fraction of sp³-hybridized carbons (Fsp3) is 0.563. The molecule has 4 aromatic rings. The first-order valence-corrected chi connectivity index (χ1v) is 30.7. The van der Waals surface area contributed by atoms with Gasteiger partial charge in [-0.1, -0.05) is 197 Å². The van der Waals surface area contributed by atoms with E-state index in [1.165, 1.54) is 183 Å². The van der Waals surface area contributed by atoms with Crippen LogP contribution in [-0.4, -0.2) is 24.0 Å². The van der Waals surface area contributed by atoms with E-state index in [1.54, 1.807) is 0 Å². The molecule has 6 nitrogen and oxygen atoms in total. The Kier molecular flexibility index (Phi) is 19.7. The SMILES string of the molecule is CCOC(=O)C1=C(C)/C(=C(\c2ccc(C(C)(C)C)cc2)c2[n-]c(C3CCCCC3)cc2C)N=C1C1CCCCC1.CCc1c(C2CCCCC2)[n-]c(/C(=C2\N=C(C3CCCCC3)C=C2C)c2ccc(C(C)(C)C)cc2)c1C.[Co+2]. The van der Waals surface area contributed by atoms with Crippen molar-refractivity contribution in [3.05, 3.63) is 151 Å². The Morgan fingerprint density at radius 1 is 0.577 bits per heavy atom. The monoisotopic (exact) mass is 1090 g/mol. The number of carbonyl (C=O) groups is 1. The van der Waals surface area contributed by atoms with E-state index >= 15 is 0 Å². The van der Waals surface area contributed by atoms with E-state index in [-0.39, 0.29) is 33.6 Å². The van der Waals surface area contributed by atoms with Crippen molar-refractivity contribution in [3.63, 3.8) is 0 Å². The van der Waals surface area contributed by atoms with Gasteiger partial charge in [-0.15, -0.1) is 11.4 Å². The number of ether oxygens (including phenoxy) is 1. The Hall–Kier alpha value is -4.72. The first-order chi connectivity index (χ1) is 37.0. The summed E-state index contributed by atoms with van der Waals surface area (Å²) in [4.78, 5) is 35.0. The number of nitrogens with zero attached hydrogens (tertiary/aromatic N) is 4. The van der Waals surface area contributed by atoms with Crippen LogP contribution in [0.15, 0.2) is 98.8 Å². The smallest absolute Gasteiger partial charge is 0.660 e. The van der Waals surface area contributed by atoms with Crippen molar-refractivity contribution in [1.82, 2.24) is 9.97 Å². The van der Waals surface area contributed by atoms with Gasteiger partial charge in [0.05, 0.1) is 29.3 Å². The van der Waals surface area contributed by atoms with Crippen molar-refractivity contribution >= 4 is 28.5 Å². The topological polar surface area (TPSA) is 79.2 Å². The molecular weight excluding hydrogens is 1000 g/mol. The zero-order valence-electron chi connectivity index (χ0n) is 50.1. The van der Waals surface area contributed by atoms with Crippen LogP contribution < -0.4 is 9.97 Å². The van der Waals surface area contributed by atoms with E-state index in [4.69, 9.17) is 24.7 Å². The minimum absolute atomic E-state index is 0. The maximum atomic E-state index is 13.4. The molecule has 7 heteroatoms. The molecule has 419 valence electrons. The molecule has 4 fully saturated rings. The Labute approximate surface area is 481 Å². The molecule has 0 atom stereocenters. The molecule has 2 aliphatic heterocycles. The molecule has 0 unspecified atom stereocenters. The van der Waals surface area contributed by atoms with Crippen molar-refractivity contribution < 1.29 is 26.3 Å². The standard InChI is InChI=1S/C36H48N2O2.C35H47N2.Co/c1-7-40-35(39)30-24(3)33(38-34(30)27-16-12-9-13-17-27)31(26-18-20-28(21-19-26)36(4,5)6)32-23(2)22-29(37-32)25-14-10-8-11-15-25;1-7-29-24(3)33(37-34(29)27-16-12-9-13-17-27)31(26-18-20-28(21-19-26)35(4,5)6)32-23(2)22-30(36-32)25-14-10-8-11-15-25;/h18-22,25,27H,7-17H2,1-6H3,(H,37,38,39);18-22,25,27H,7-17H2,1-6H3;/q;-1;+2/p-1/b;32-31-;. The van der Waals surface area contributed by atoms with Crippen LogP contribution in [0.2, 0.25) is 0 Å². The van der Waals surface area contributed by atoms with Crippen molar-refractivity contribution in [1.29, 1.82) is 0 Å². The van der Waals surface area contributed by atoms with Gasteiger partial charge in [-0.05, 0) is 166 Å². The van der Waals surface area contributed by atoms with E-state index in [9.17, 15) is 4.79 Å². The number of esters is 1. The van der Waals surface area contributed by atoms with Gasteiger partial charge in [-0.2, -0.15) is 11.4 Å². The summed E-state index contributed by atoms with van der Waals surface area (Å²) < 4.78 is 5.60. The van der Waals surface area contributed by atoms with Gasteiger partial charge in [-0.25, -0.2) is 4.79 Å². The molecule has 1 radical (unpaired) electrons. The average molecular weight is 1090 g/mol. The summed E-state index contributed by atoms with van der Waals surface area (Å²) in [7, 11) is 0. The van der Waals surface area contributed by atoms with E-state index < -0.39 is 0 Å². The predicted molar refractivity (Wildman–Crippen MR) is 323 cm³/mol. The molecule has 0 N–H and O–H groups in total. The molecule has 0 amide bonds. The summed E-state index contributed by atoms with van der Waals surface area (Å²) in [6, 6.07) is 20.5. The van der Waals surface area contributed by atoms with Crippen molar-refractivity contribution in [2.45, 2.75) is 241 Å². The average Bonchev–Trinajstić information content (AvgIpc) is 4.27. The first kappa shape index (κ1) is 59.4. The number of benzene rings is 2. The molecule has 0 saturated heterocycles. The second-order valence-electron chi connectivity index (χ2n) is 26.0. The number of aliphatic imine (C=N–C) groups is 2. The zero-order valence-corrected chi connectivity index (χ0v) is 51.1. The Morgan fingerprint density at radius 3 is 1.54 bits per heavy atom. The Balaban J connectivity index is 0.000000204. The fourth-order valence-corrected chi connectivity index (χ4v) is 13.8. The molecule has 4 heterocycles. The number of hydrogen-bond donors (Lipinski definition) is 0. The van der Waals surface area contributed by atoms with Crippen molar-refractivity contribution in [2.75, 3.05) is 6.61 Å². The van der Waals surface area contributed by atoms with Gasteiger partial charge in [0.2, 0.25) is 0 Å². The molecule has 0 bridgehead atoms. The predicted octanol–water partition coefficient (Wildman–Crippen LogP) is 18.6. The Morgan fingerprint density at radius 2 is 1.05 bits per heavy atom. The van der Waals surface area contributed by atoms with E-state index in [0.29, 0.717) is 35.9 Å². The molecule has 0 spiro atoms. The summed E-state index contributed by atoms with van der Waals surface area (Å²) in [5.74, 6) is 1.83. The second kappa shape index (κ2) is 25.8. The summed E-state index contributed by atoms with van der Waals surface area (Å²) in [6.45, 7) is 27.0. The van der Waals surface area contributed by atoms with Crippen LogP contribution >= 0.6 is 0 Å². The molecule has 78 heavy (non-hydrogen) atoms. The van der Waals surface area contributed by atoms with E-state index in [0.717, 1.165) is 58.8 Å². The summed E-state index contributed by atoms with van der Waals surface area (Å²) in [6.07, 6.45) is 28.8. The van der Waals surface area contributed by atoms with Gasteiger partial charge in [0.1, 0.15) is 0 Å². The number of aryl methyl sites for hydroxylation is 1. The fourth-order valence-electron chi connectivity index (χ4n) is 13.8. The van der Waals surface area contributed by atoms with Crippen molar-refractivity contribution in [3.8, 4) is 0 Å². The van der Waals surface area contributed by atoms with Crippen LogP contribution in [0, 0.1) is 25.7 Å². The number of allylic oxidation sites excluding steroid dienone is 3. The van der Waals surface area contributed by atoms with Crippen LogP contribution in [0.1, 0.15) is 271 Å². The second-order valence-corrected chi connectivity index (χ2v) is 26.0. The maximum absolute atomic E-state index is 13.4. The van der Waals surface area contributed by atoms with Crippen LogP contribution in [0.4, 0.5) is 0 Å².